The van der Waals surface area contributed by atoms with Gasteiger partial charge < -0.3 is 5.73 Å². The second kappa shape index (κ2) is 17.2. The summed E-state index contributed by atoms with van der Waals surface area (Å²) in [6, 6.07) is 22.2. The summed E-state index contributed by atoms with van der Waals surface area (Å²) >= 11 is 0. The third kappa shape index (κ3) is 9.51. The Labute approximate surface area is 298 Å². The van der Waals surface area contributed by atoms with Gasteiger partial charge in [-0.2, -0.15) is 0 Å². The summed E-state index contributed by atoms with van der Waals surface area (Å²) in [4.78, 5) is 0.392. The molecular weight excluding hydrogens is 686 g/mol. The fraction of sp³-hybridized carbons (Fsp3) is 0.415. The van der Waals surface area contributed by atoms with E-state index in [1.807, 2.05) is 88.4 Å². The molecule has 4 nitrogen and oxygen atoms in total. The van der Waals surface area contributed by atoms with E-state index in [9.17, 15) is 8.42 Å². The van der Waals surface area contributed by atoms with Gasteiger partial charge in [0.25, 0.3) is 0 Å². The smallest absolute Gasteiger partial charge is 0.241 e. The van der Waals surface area contributed by atoms with Crippen LogP contribution in [-0.2, 0) is 29.5 Å². The topological polar surface area (TPSA) is 72.2 Å². The Hall–Kier alpha value is -2.63. The molecule has 2 atom stereocenters. The Morgan fingerprint density at radius 1 is 0.532 bits per heavy atom. The summed E-state index contributed by atoms with van der Waals surface area (Å²) in [6.07, 6.45) is 0. The number of rotatable bonds is 9. The molecule has 0 saturated heterocycles. The van der Waals surface area contributed by atoms with Gasteiger partial charge in [-0.05, 0) is 120 Å². The van der Waals surface area contributed by atoms with E-state index in [0.717, 1.165) is 27.8 Å². The fourth-order valence-electron chi connectivity index (χ4n) is 5.99. The first-order valence-electron chi connectivity index (χ1n) is 16.6. The molecule has 0 heterocycles. The van der Waals surface area contributed by atoms with E-state index in [4.69, 9.17) is 5.73 Å². The van der Waals surface area contributed by atoms with Crippen molar-refractivity contribution in [2.45, 2.75) is 118 Å². The standard InChI is InChI=1S/C29H38N2O2S.C12H18.Ru/c1-19(2)24-17-25(20(3)4)29(26(18-24)21(5)6)34(32,33)31-28(23-15-11-8-12-16-23)27(30)22-13-9-7-10-14-22;1-7-8(2)10(4)12(6)11(5)9(7)3;/h7-21,27-28,31H,30H2,1-6H3;1-6H3;/t27-,28-;;/m1../s1. The van der Waals surface area contributed by atoms with Crippen LogP contribution in [0.4, 0.5) is 0 Å². The van der Waals surface area contributed by atoms with Crippen molar-refractivity contribution in [2.24, 2.45) is 5.73 Å². The minimum absolute atomic E-state index is 0. The van der Waals surface area contributed by atoms with Crippen molar-refractivity contribution >= 4 is 10.0 Å². The monoisotopic (exact) mass is 742 g/mol. The second-order valence-corrected chi connectivity index (χ2v) is 15.3. The second-order valence-electron chi connectivity index (χ2n) is 13.7. The van der Waals surface area contributed by atoms with Crippen molar-refractivity contribution in [2.75, 3.05) is 0 Å². The zero-order valence-corrected chi connectivity index (χ0v) is 33.0. The minimum atomic E-state index is -3.88. The van der Waals surface area contributed by atoms with E-state index in [2.05, 4.69) is 72.2 Å². The maximum absolute atomic E-state index is 14.1. The van der Waals surface area contributed by atoms with Gasteiger partial charge >= 0.3 is 0 Å². The number of hydrogen-bond donors (Lipinski definition) is 2. The van der Waals surface area contributed by atoms with Crippen molar-refractivity contribution < 1.29 is 27.9 Å². The van der Waals surface area contributed by atoms with Crippen molar-refractivity contribution in [3.8, 4) is 0 Å². The molecule has 256 valence electrons. The number of nitrogens with two attached hydrogens (primary N) is 1. The van der Waals surface area contributed by atoms with Crippen LogP contribution < -0.4 is 10.5 Å². The molecule has 0 aromatic heterocycles. The molecule has 4 rings (SSSR count). The molecule has 0 fully saturated rings. The molecule has 0 bridgehead atoms. The van der Waals surface area contributed by atoms with Crippen LogP contribution >= 0.6 is 0 Å². The van der Waals surface area contributed by atoms with Gasteiger partial charge in [-0.25, -0.2) is 13.1 Å². The van der Waals surface area contributed by atoms with Crippen LogP contribution in [0.1, 0.15) is 133 Å². The summed E-state index contributed by atoms with van der Waals surface area (Å²) in [5.74, 6) is 0.421. The largest absolute Gasteiger partial charge is 0.322 e. The van der Waals surface area contributed by atoms with E-state index in [1.54, 1.807) is 0 Å². The minimum Gasteiger partial charge on any atom is -0.322 e. The predicted octanol–water partition coefficient (Wildman–Crippen LogP) is 10.3. The summed E-state index contributed by atoms with van der Waals surface area (Å²) in [5.41, 5.74) is 20.0. The first-order chi connectivity index (χ1) is 21.5. The van der Waals surface area contributed by atoms with Crippen LogP contribution in [-0.4, -0.2) is 8.42 Å². The number of benzene rings is 4. The zero-order valence-electron chi connectivity index (χ0n) is 30.5. The number of hydrogen-bond acceptors (Lipinski definition) is 3. The van der Waals surface area contributed by atoms with Crippen LogP contribution in [0.2, 0.25) is 0 Å². The molecular formula is C41H56N2O2RuS. The Morgan fingerprint density at radius 3 is 1.19 bits per heavy atom. The van der Waals surface area contributed by atoms with E-state index >= 15 is 0 Å². The molecule has 0 radical (unpaired) electrons. The molecule has 4 aromatic carbocycles. The number of sulfonamides is 1. The van der Waals surface area contributed by atoms with Crippen molar-refractivity contribution in [1.82, 2.24) is 4.72 Å². The third-order valence-electron chi connectivity index (χ3n) is 9.71. The van der Waals surface area contributed by atoms with E-state index in [1.165, 1.54) is 33.4 Å². The van der Waals surface area contributed by atoms with Gasteiger partial charge in [0.15, 0.2) is 0 Å². The Morgan fingerprint density at radius 2 is 0.872 bits per heavy atom. The predicted molar refractivity (Wildman–Crippen MR) is 196 cm³/mol. The molecule has 6 heteroatoms. The molecule has 0 amide bonds. The van der Waals surface area contributed by atoms with E-state index < -0.39 is 22.1 Å². The first kappa shape index (κ1) is 40.5. The van der Waals surface area contributed by atoms with Gasteiger partial charge in [0.2, 0.25) is 10.0 Å². The third-order valence-corrected chi connectivity index (χ3v) is 11.3. The number of nitrogens with one attached hydrogen (secondary N) is 1. The van der Waals surface area contributed by atoms with Gasteiger partial charge in [-0.3, -0.25) is 0 Å². The van der Waals surface area contributed by atoms with Crippen molar-refractivity contribution in [1.29, 1.82) is 0 Å². The molecule has 0 saturated carbocycles. The van der Waals surface area contributed by atoms with Gasteiger partial charge in [-0.1, -0.05) is 114 Å². The molecule has 4 aromatic rings. The fourth-order valence-corrected chi connectivity index (χ4v) is 7.93. The van der Waals surface area contributed by atoms with E-state index in [0.29, 0.717) is 10.8 Å². The van der Waals surface area contributed by atoms with Crippen molar-refractivity contribution in [3.05, 3.63) is 134 Å². The summed E-state index contributed by atoms with van der Waals surface area (Å²) < 4.78 is 31.2. The Balaban J connectivity index is 0.000000498. The SMILES string of the molecule is CC(C)c1cc(C(C)C)c(S(=O)(=O)N[C@H](c2ccccc2)[C@H](N)c2ccccc2)c(C(C)C)c1.Cc1c(C)c(C)c(C)c(C)c1C.[Ru]. The van der Waals surface area contributed by atoms with Crippen LogP contribution in [0.25, 0.3) is 0 Å². The Kier molecular flexibility index (Phi) is 14.8. The average Bonchev–Trinajstić information content (AvgIpc) is 3.04. The molecule has 0 spiro atoms. The summed E-state index contributed by atoms with van der Waals surface area (Å²) in [7, 11) is -3.88. The summed E-state index contributed by atoms with van der Waals surface area (Å²) in [6.45, 7) is 25.7. The maximum atomic E-state index is 14.1. The first-order valence-corrected chi connectivity index (χ1v) is 18.1. The van der Waals surface area contributed by atoms with Gasteiger partial charge in [0, 0.05) is 19.5 Å². The average molecular weight is 742 g/mol. The van der Waals surface area contributed by atoms with Crippen LogP contribution in [0, 0.1) is 41.5 Å². The van der Waals surface area contributed by atoms with Crippen molar-refractivity contribution in [3.63, 3.8) is 0 Å². The zero-order chi connectivity index (χ0) is 34.5. The molecule has 3 N–H and O–H groups in total. The normalized spacial score (nSPS) is 12.9. The van der Waals surface area contributed by atoms with Gasteiger partial charge in [0.1, 0.15) is 0 Å². The van der Waals surface area contributed by atoms with Gasteiger partial charge in [0.05, 0.1) is 17.0 Å². The quantitative estimate of drug-likeness (QED) is 0.168. The Bertz CT molecular complexity index is 1600. The van der Waals surface area contributed by atoms with E-state index in [-0.39, 0.29) is 31.3 Å². The van der Waals surface area contributed by atoms with Crippen LogP contribution in [0.5, 0.6) is 0 Å². The molecule has 0 aliphatic rings. The van der Waals surface area contributed by atoms with Crippen LogP contribution in [0.3, 0.4) is 0 Å². The van der Waals surface area contributed by atoms with Gasteiger partial charge in [-0.15, -0.1) is 0 Å². The molecule has 0 unspecified atom stereocenters. The summed E-state index contributed by atoms with van der Waals surface area (Å²) in [5, 5.41) is 0. The van der Waals surface area contributed by atoms with Crippen LogP contribution in [0.15, 0.2) is 77.7 Å². The maximum Gasteiger partial charge on any atom is 0.241 e. The molecule has 47 heavy (non-hydrogen) atoms. The molecule has 0 aliphatic heterocycles. The molecule has 0 aliphatic carbocycles.